The highest BCUT2D eigenvalue weighted by molar-refractivity contribution is 7.16. The Balaban J connectivity index is 2.07. The van der Waals surface area contributed by atoms with Crippen LogP contribution in [0.4, 0.5) is 0 Å². The maximum absolute atomic E-state index is 11.7. The Labute approximate surface area is 129 Å². The van der Waals surface area contributed by atoms with Gasteiger partial charge in [0.15, 0.2) is 5.58 Å². The quantitative estimate of drug-likeness (QED) is 0.656. The number of benzene rings is 1. The van der Waals surface area contributed by atoms with Crippen molar-refractivity contribution >= 4 is 45.6 Å². The lowest BCUT2D eigenvalue weighted by Crippen LogP contribution is -2.11. The number of rotatable bonds is 3. The van der Waals surface area contributed by atoms with Crippen LogP contribution in [0.15, 0.2) is 39.5 Å². The number of thiophene rings is 1. The van der Waals surface area contributed by atoms with Gasteiger partial charge in [0, 0.05) is 11.4 Å². The molecule has 0 aliphatic heterocycles. The Kier molecular flexibility index (Phi) is 3.63. The molecule has 104 valence electrons. The van der Waals surface area contributed by atoms with Crippen LogP contribution in [-0.2, 0) is 6.54 Å². The number of oxazole rings is 1. The van der Waals surface area contributed by atoms with E-state index in [1.54, 1.807) is 4.57 Å². The molecule has 0 aliphatic carbocycles. The van der Waals surface area contributed by atoms with Crippen LogP contribution >= 0.6 is 34.5 Å². The molecule has 2 heterocycles. The molecular weight excluding hydrogens is 317 g/mol. The van der Waals surface area contributed by atoms with Crippen molar-refractivity contribution in [2.24, 2.45) is 0 Å². The molecule has 0 spiro atoms. The smallest absolute Gasteiger partial charge is 0.408 e. The molecule has 1 unspecified atom stereocenters. The SMILES string of the molecule is CCn1c(=O)oc2cc(C(Cl)c3ccc(Cl)s3)ccc21. The van der Waals surface area contributed by atoms with Gasteiger partial charge < -0.3 is 4.42 Å². The minimum atomic E-state index is -0.343. The van der Waals surface area contributed by atoms with Gasteiger partial charge in [0.1, 0.15) is 0 Å². The second kappa shape index (κ2) is 5.28. The van der Waals surface area contributed by atoms with Gasteiger partial charge in [0.05, 0.1) is 15.2 Å². The van der Waals surface area contributed by atoms with E-state index >= 15 is 0 Å². The number of alkyl halides is 1. The van der Waals surface area contributed by atoms with Crippen LogP contribution in [-0.4, -0.2) is 4.57 Å². The lowest BCUT2D eigenvalue weighted by molar-refractivity contribution is 0.513. The molecule has 0 saturated heterocycles. The highest BCUT2D eigenvalue weighted by Crippen LogP contribution is 2.36. The number of hydrogen-bond acceptors (Lipinski definition) is 3. The molecule has 6 heteroatoms. The molecule has 0 bridgehead atoms. The van der Waals surface area contributed by atoms with E-state index in [1.165, 1.54) is 11.3 Å². The van der Waals surface area contributed by atoms with E-state index in [1.807, 2.05) is 37.3 Å². The van der Waals surface area contributed by atoms with Gasteiger partial charge in [-0.15, -0.1) is 22.9 Å². The zero-order chi connectivity index (χ0) is 14.3. The van der Waals surface area contributed by atoms with Crippen LogP contribution in [0.5, 0.6) is 0 Å². The summed E-state index contributed by atoms with van der Waals surface area (Å²) in [7, 11) is 0. The first-order valence-electron chi connectivity index (χ1n) is 6.12. The fourth-order valence-corrected chi connectivity index (χ4v) is 3.58. The van der Waals surface area contributed by atoms with Gasteiger partial charge in [-0.3, -0.25) is 4.57 Å². The summed E-state index contributed by atoms with van der Waals surface area (Å²) in [6, 6.07) is 9.32. The molecule has 0 radical (unpaired) electrons. The van der Waals surface area contributed by atoms with Crippen molar-refractivity contribution in [3.05, 3.63) is 55.7 Å². The summed E-state index contributed by atoms with van der Waals surface area (Å²) in [6.45, 7) is 2.48. The van der Waals surface area contributed by atoms with Crippen molar-refractivity contribution in [3.63, 3.8) is 0 Å². The van der Waals surface area contributed by atoms with E-state index in [0.717, 1.165) is 16.0 Å². The molecule has 1 aromatic carbocycles. The highest BCUT2D eigenvalue weighted by Gasteiger charge is 2.16. The first-order chi connectivity index (χ1) is 9.60. The fourth-order valence-electron chi connectivity index (χ4n) is 2.17. The topological polar surface area (TPSA) is 35.1 Å². The molecule has 0 aliphatic rings. The molecule has 0 amide bonds. The lowest BCUT2D eigenvalue weighted by atomic mass is 10.1. The Morgan fingerprint density at radius 1 is 1.35 bits per heavy atom. The van der Waals surface area contributed by atoms with Gasteiger partial charge in [0.25, 0.3) is 0 Å². The number of aryl methyl sites for hydroxylation is 1. The van der Waals surface area contributed by atoms with Gasteiger partial charge in [-0.05, 0) is 36.8 Å². The largest absolute Gasteiger partial charge is 0.419 e. The van der Waals surface area contributed by atoms with E-state index in [2.05, 4.69) is 0 Å². The molecule has 3 nitrogen and oxygen atoms in total. The molecule has 0 N–H and O–H groups in total. The molecule has 1 atom stereocenters. The van der Waals surface area contributed by atoms with Gasteiger partial charge in [0.2, 0.25) is 0 Å². The van der Waals surface area contributed by atoms with Crippen molar-refractivity contribution < 1.29 is 4.42 Å². The summed E-state index contributed by atoms with van der Waals surface area (Å²) in [4.78, 5) is 12.6. The minimum Gasteiger partial charge on any atom is -0.408 e. The number of nitrogens with zero attached hydrogens (tertiary/aromatic N) is 1. The molecule has 0 fully saturated rings. The number of fused-ring (bicyclic) bond motifs is 1. The summed E-state index contributed by atoms with van der Waals surface area (Å²) in [6.07, 6.45) is 0. The molecule has 3 rings (SSSR count). The monoisotopic (exact) mass is 327 g/mol. The van der Waals surface area contributed by atoms with E-state index in [0.29, 0.717) is 16.5 Å². The summed E-state index contributed by atoms with van der Waals surface area (Å²) in [5, 5.41) is -0.299. The summed E-state index contributed by atoms with van der Waals surface area (Å²) < 4.78 is 7.54. The third-order valence-electron chi connectivity index (χ3n) is 3.14. The second-order valence-corrected chi connectivity index (χ2v) is 6.53. The normalized spacial score (nSPS) is 12.9. The molecular formula is C14H11Cl2NO2S. The average Bonchev–Trinajstić information content (AvgIpc) is 2.99. The number of aromatic nitrogens is 1. The number of hydrogen-bond donors (Lipinski definition) is 0. The van der Waals surface area contributed by atoms with E-state index < -0.39 is 0 Å². The Bertz CT molecular complexity index is 818. The maximum Gasteiger partial charge on any atom is 0.419 e. The molecule has 20 heavy (non-hydrogen) atoms. The van der Waals surface area contributed by atoms with Gasteiger partial charge in [-0.1, -0.05) is 17.7 Å². The van der Waals surface area contributed by atoms with Gasteiger partial charge in [-0.2, -0.15) is 0 Å². The van der Waals surface area contributed by atoms with E-state index in [9.17, 15) is 4.79 Å². The maximum atomic E-state index is 11.7. The molecule has 2 aromatic heterocycles. The third kappa shape index (κ3) is 2.28. The predicted octanol–water partition coefficient (Wildman–Crippen LogP) is 4.66. The molecule has 0 saturated carbocycles. The summed E-state index contributed by atoms with van der Waals surface area (Å²) in [5.74, 6) is -0.343. The van der Waals surface area contributed by atoms with Crippen molar-refractivity contribution in [2.75, 3.05) is 0 Å². The van der Waals surface area contributed by atoms with E-state index in [4.69, 9.17) is 27.6 Å². The van der Waals surface area contributed by atoms with Crippen LogP contribution in [0.2, 0.25) is 4.34 Å². The van der Waals surface area contributed by atoms with Crippen LogP contribution < -0.4 is 5.76 Å². The first kappa shape index (κ1) is 13.7. The minimum absolute atomic E-state index is 0.299. The average molecular weight is 328 g/mol. The van der Waals surface area contributed by atoms with Gasteiger partial charge >= 0.3 is 5.76 Å². The van der Waals surface area contributed by atoms with Crippen molar-refractivity contribution in [1.29, 1.82) is 0 Å². The van der Waals surface area contributed by atoms with Crippen molar-refractivity contribution in [2.45, 2.75) is 18.8 Å². The Morgan fingerprint density at radius 3 is 2.80 bits per heavy atom. The first-order valence-corrected chi connectivity index (χ1v) is 7.76. The van der Waals surface area contributed by atoms with E-state index in [-0.39, 0.29) is 11.1 Å². The standard InChI is InChI=1S/C14H11Cl2NO2S/c1-2-17-9-4-3-8(7-10(9)19-14(17)18)13(16)11-5-6-12(15)20-11/h3-7,13H,2H2,1H3. The van der Waals surface area contributed by atoms with Crippen LogP contribution in [0.25, 0.3) is 11.1 Å². The fraction of sp³-hybridized carbons (Fsp3) is 0.214. The lowest BCUT2D eigenvalue weighted by Gasteiger charge is -2.07. The van der Waals surface area contributed by atoms with Crippen molar-refractivity contribution in [1.82, 2.24) is 4.57 Å². The van der Waals surface area contributed by atoms with Crippen LogP contribution in [0.3, 0.4) is 0 Å². The zero-order valence-corrected chi connectivity index (χ0v) is 12.9. The van der Waals surface area contributed by atoms with Gasteiger partial charge in [-0.25, -0.2) is 4.79 Å². The Hall–Kier alpha value is -1.23. The summed E-state index contributed by atoms with van der Waals surface area (Å²) >= 11 is 13.8. The molecule has 3 aromatic rings. The third-order valence-corrected chi connectivity index (χ3v) is 5.06. The predicted molar refractivity (Wildman–Crippen MR) is 83.2 cm³/mol. The second-order valence-electron chi connectivity index (χ2n) is 4.34. The van der Waals surface area contributed by atoms with Crippen LogP contribution in [0.1, 0.15) is 22.7 Å². The Morgan fingerprint density at radius 2 is 2.15 bits per heavy atom. The van der Waals surface area contributed by atoms with Crippen molar-refractivity contribution in [3.8, 4) is 0 Å². The zero-order valence-electron chi connectivity index (χ0n) is 10.6. The van der Waals surface area contributed by atoms with Crippen LogP contribution in [0, 0.1) is 0 Å². The highest BCUT2D eigenvalue weighted by atomic mass is 35.5. The summed E-state index contributed by atoms with van der Waals surface area (Å²) in [5.41, 5.74) is 2.23. The number of halogens is 2.